The summed E-state index contributed by atoms with van der Waals surface area (Å²) >= 11 is 1.99. The monoisotopic (exact) mass is 265 g/mol. The lowest BCUT2D eigenvalue weighted by atomic mass is 9.99. The van der Waals surface area contributed by atoms with Crippen molar-refractivity contribution in [3.8, 4) is 0 Å². The minimum atomic E-state index is -0.755. The van der Waals surface area contributed by atoms with E-state index in [9.17, 15) is 9.90 Å². The second kappa shape index (κ2) is 6.81. The first-order valence-electron chi connectivity index (χ1n) is 6.33. The summed E-state index contributed by atoms with van der Waals surface area (Å²) in [5.74, 6) is 1.96. The molecule has 1 aromatic carbocycles. The quantitative estimate of drug-likeness (QED) is 0.828. The molecule has 3 nitrogen and oxygen atoms in total. The third-order valence-corrected chi connectivity index (χ3v) is 4.54. The molecule has 1 heterocycles. The van der Waals surface area contributed by atoms with Crippen LogP contribution in [0.25, 0.3) is 0 Å². The molecule has 1 aromatic rings. The van der Waals surface area contributed by atoms with Crippen LogP contribution in [0, 0.1) is 5.92 Å². The molecule has 0 spiro atoms. The lowest BCUT2D eigenvalue weighted by Crippen LogP contribution is -2.30. The van der Waals surface area contributed by atoms with Crippen LogP contribution in [0.3, 0.4) is 0 Å². The highest BCUT2D eigenvalue weighted by molar-refractivity contribution is 7.99. The van der Waals surface area contributed by atoms with E-state index in [1.54, 1.807) is 0 Å². The van der Waals surface area contributed by atoms with Gasteiger partial charge in [-0.25, -0.2) is 0 Å². The van der Waals surface area contributed by atoms with Gasteiger partial charge in [0.25, 0.3) is 0 Å². The number of aliphatic carboxylic acids is 1. The summed E-state index contributed by atoms with van der Waals surface area (Å²) in [6.07, 6.45) is 1.25. The second-order valence-electron chi connectivity index (χ2n) is 4.69. The zero-order valence-corrected chi connectivity index (χ0v) is 11.2. The van der Waals surface area contributed by atoms with Gasteiger partial charge in [-0.2, -0.15) is 11.8 Å². The Morgan fingerprint density at radius 2 is 2.22 bits per heavy atom. The Balaban J connectivity index is 1.85. The summed E-state index contributed by atoms with van der Waals surface area (Å²) in [5, 5.41) is 12.6. The molecule has 2 atom stereocenters. The molecule has 1 aliphatic rings. The maximum absolute atomic E-state index is 11.3. The predicted molar refractivity (Wildman–Crippen MR) is 75.1 cm³/mol. The van der Waals surface area contributed by atoms with Gasteiger partial charge in [0, 0.05) is 6.54 Å². The molecule has 1 fully saturated rings. The molecule has 0 aliphatic carbocycles. The Bertz CT molecular complexity index is 377. The summed E-state index contributed by atoms with van der Waals surface area (Å²) in [4.78, 5) is 11.3. The van der Waals surface area contributed by atoms with Crippen LogP contribution in [-0.4, -0.2) is 35.7 Å². The standard InChI is InChI=1S/C14H19NO2S/c16-14(17)13(12-4-2-1-3-5-12)9-15-8-11-6-7-18-10-11/h1-5,11,13,15H,6-10H2,(H,16,17). The van der Waals surface area contributed by atoms with E-state index in [0.717, 1.165) is 12.1 Å². The molecular formula is C14H19NO2S. The number of thioether (sulfide) groups is 1. The normalized spacial score (nSPS) is 20.8. The van der Waals surface area contributed by atoms with E-state index in [0.29, 0.717) is 12.5 Å². The van der Waals surface area contributed by atoms with Crippen molar-refractivity contribution < 1.29 is 9.90 Å². The molecule has 1 saturated heterocycles. The average molecular weight is 265 g/mol. The number of hydrogen-bond acceptors (Lipinski definition) is 3. The van der Waals surface area contributed by atoms with Gasteiger partial charge in [-0.15, -0.1) is 0 Å². The molecule has 2 unspecified atom stereocenters. The van der Waals surface area contributed by atoms with Gasteiger partial charge in [0.2, 0.25) is 0 Å². The first kappa shape index (κ1) is 13.4. The predicted octanol–water partition coefficient (Wildman–Crippen LogP) is 2.20. The van der Waals surface area contributed by atoms with Crippen LogP contribution < -0.4 is 5.32 Å². The fourth-order valence-corrected chi connectivity index (χ4v) is 3.49. The molecule has 2 N–H and O–H groups in total. The first-order chi connectivity index (χ1) is 8.77. The van der Waals surface area contributed by atoms with Crippen molar-refractivity contribution in [1.82, 2.24) is 5.32 Å². The van der Waals surface area contributed by atoms with Crippen molar-refractivity contribution in [2.24, 2.45) is 5.92 Å². The van der Waals surface area contributed by atoms with E-state index < -0.39 is 11.9 Å². The van der Waals surface area contributed by atoms with Crippen molar-refractivity contribution in [1.29, 1.82) is 0 Å². The lowest BCUT2D eigenvalue weighted by Gasteiger charge is -2.15. The van der Waals surface area contributed by atoms with Crippen LogP contribution in [0.4, 0.5) is 0 Å². The summed E-state index contributed by atoms with van der Waals surface area (Å²) in [6, 6.07) is 9.45. The van der Waals surface area contributed by atoms with Gasteiger partial charge in [0.1, 0.15) is 0 Å². The number of rotatable bonds is 6. The minimum Gasteiger partial charge on any atom is -0.481 e. The smallest absolute Gasteiger partial charge is 0.312 e. The van der Waals surface area contributed by atoms with E-state index in [1.807, 2.05) is 42.1 Å². The summed E-state index contributed by atoms with van der Waals surface area (Å²) < 4.78 is 0. The number of carboxylic acids is 1. The van der Waals surface area contributed by atoms with Gasteiger partial charge in [0.05, 0.1) is 5.92 Å². The number of hydrogen-bond donors (Lipinski definition) is 2. The number of nitrogens with one attached hydrogen (secondary N) is 1. The highest BCUT2D eigenvalue weighted by Gasteiger charge is 2.20. The Kier molecular flexibility index (Phi) is 5.08. The molecule has 0 aromatic heterocycles. The maximum Gasteiger partial charge on any atom is 0.312 e. The van der Waals surface area contributed by atoms with Crippen LogP contribution in [0.2, 0.25) is 0 Å². The minimum absolute atomic E-state index is 0.444. The summed E-state index contributed by atoms with van der Waals surface area (Å²) in [7, 11) is 0. The van der Waals surface area contributed by atoms with Gasteiger partial charge in [-0.3, -0.25) is 4.79 Å². The van der Waals surface area contributed by atoms with E-state index >= 15 is 0 Å². The van der Waals surface area contributed by atoms with Gasteiger partial charge in [-0.05, 0) is 36.0 Å². The maximum atomic E-state index is 11.3. The zero-order valence-electron chi connectivity index (χ0n) is 10.3. The van der Waals surface area contributed by atoms with Crippen LogP contribution in [0.1, 0.15) is 17.9 Å². The van der Waals surface area contributed by atoms with Crippen molar-refractivity contribution in [2.45, 2.75) is 12.3 Å². The van der Waals surface area contributed by atoms with Crippen LogP contribution in [0.5, 0.6) is 0 Å². The molecule has 0 amide bonds. The Morgan fingerprint density at radius 1 is 1.44 bits per heavy atom. The molecule has 2 rings (SSSR count). The summed E-state index contributed by atoms with van der Waals surface area (Å²) in [6.45, 7) is 1.45. The second-order valence-corrected chi connectivity index (χ2v) is 5.84. The molecule has 0 radical (unpaired) electrons. The van der Waals surface area contributed by atoms with Gasteiger partial charge in [0.15, 0.2) is 0 Å². The first-order valence-corrected chi connectivity index (χ1v) is 7.49. The fraction of sp³-hybridized carbons (Fsp3) is 0.500. The Morgan fingerprint density at radius 3 is 2.83 bits per heavy atom. The third kappa shape index (κ3) is 3.75. The highest BCUT2D eigenvalue weighted by atomic mass is 32.2. The lowest BCUT2D eigenvalue weighted by molar-refractivity contribution is -0.138. The molecule has 4 heteroatoms. The van der Waals surface area contributed by atoms with Crippen molar-refractivity contribution in [3.05, 3.63) is 35.9 Å². The fourth-order valence-electron chi connectivity index (χ4n) is 2.21. The van der Waals surface area contributed by atoms with Gasteiger partial charge >= 0.3 is 5.97 Å². The van der Waals surface area contributed by atoms with Gasteiger partial charge in [-0.1, -0.05) is 30.3 Å². The van der Waals surface area contributed by atoms with Crippen molar-refractivity contribution in [3.63, 3.8) is 0 Å². The van der Waals surface area contributed by atoms with Crippen LogP contribution in [0.15, 0.2) is 30.3 Å². The van der Waals surface area contributed by atoms with Crippen molar-refractivity contribution >= 4 is 17.7 Å². The van der Waals surface area contributed by atoms with E-state index in [2.05, 4.69) is 5.32 Å². The largest absolute Gasteiger partial charge is 0.481 e. The molecule has 98 valence electrons. The average Bonchev–Trinajstić information content (AvgIpc) is 2.88. The number of carboxylic acid groups (broad SMARTS) is 1. The van der Waals surface area contributed by atoms with E-state index in [4.69, 9.17) is 0 Å². The van der Waals surface area contributed by atoms with E-state index in [-0.39, 0.29) is 0 Å². The Hall–Kier alpha value is -1.00. The molecule has 0 bridgehead atoms. The molecular weight excluding hydrogens is 246 g/mol. The Labute approximate surface area is 112 Å². The number of carbonyl (C=O) groups is 1. The molecule has 1 aliphatic heterocycles. The summed E-state index contributed by atoms with van der Waals surface area (Å²) in [5.41, 5.74) is 0.873. The third-order valence-electron chi connectivity index (χ3n) is 3.31. The van der Waals surface area contributed by atoms with Crippen LogP contribution >= 0.6 is 11.8 Å². The molecule has 18 heavy (non-hydrogen) atoms. The van der Waals surface area contributed by atoms with Crippen molar-refractivity contribution in [2.75, 3.05) is 24.6 Å². The van der Waals surface area contributed by atoms with Crippen LogP contribution in [-0.2, 0) is 4.79 Å². The highest BCUT2D eigenvalue weighted by Crippen LogP contribution is 2.22. The number of benzene rings is 1. The SMILES string of the molecule is O=C(O)C(CNCC1CCSC1)c1ccccc1. The molecule has 0 saturated carbocycles. The topological polar surface area (TPSA) is 49.3 Å². The zero-order chi connectivity index (χ0) is 12.8. The van der Waals surface area contributed by atoms with E-state index in [1.165, 1.54) is 17.9 Å². The van der Waals surface area contributed by atoms with Gasteiger partial charge < -0.3 is 10.4 Å².